The molecule has 0 aromatic heterocycles. The molecule has 0 aliphatic carbocycles. The van der Waals surface area contributed by atoms with Crippen molar-refractivity contribution in [1.29, 1.82) is 0 Å². The van der Waals surface area contributed by atoms with Crippen LogP contribution in [0.4, 0.5) is 0 Å². The quantitative estimate of drug-likeness (QED) is 0.655. The Bertz CT molecular complexity index is 226. The van der Waals surface area contributed by atoms with E-state index < -0.39 is 0 Å². The summed E-state index contributed by atoms with van der Waals surface area (Å²) in [5.41, 5.74) is 0. The number of rotatable bonds is 6. The van der Waals surface area contributed by atoms with Crippen LogP contribution >= 0.6 is 0 Å². The molecule has 0 radical (unpaired) electrons. The molecular weight excluding hydrogens is 218 g/mol. The summed E-state index contributed by atoms with van der Waals surface area (Å²) in [7, 11) is 2.09. The largest absolute Gasteiger partial charge is 0.377 e. The highest BCUT2D eigenvalue weighted by Crippen LogP contribution is 1.98. The number of carbonyl (C=O) groups is 1. The Balaban J connectivity index is 2.05. The molecule has 100 valence electrons. The third-order valence-electron chi connectivity index (χ3n) is 2.86. The second kappa shape index (κ2) is 7.63. The Kier molecular flexibility index (Phi) is 6.47. The molecule has 0 unspecified atom stereocenters. The average Bonchev–Trinajstić information content (AvgIpc) is 2.29. The van der Waals surface area contributed by atoms with Gasteiger partial charge in [-0.3, -0.25) is 4.79 Å². The molecule has 1 saturated heterocycles. The van der Waals surface area contributed by atoms with Crippen LogP contribution in [0.5, 0.6) is 0 Å². The van der Waals surface area contributed by atoms with Gasteiger partial charge in [0.05, 0.1) is 19.3 Å². The summed E-state index contributed by atoms with van der Waals surface area (Å²) in [5, 5.41) is 3.12. The first-order valence-electron chi connectivity index (χ1n) is 6.38. The molecule has 0 bridgehead atoms. The zero-order valence-electron chi connectivity index (χ0n) is 11.2. The Hall–Kier alpha value is -0.650. The number of hydrogen-bond donors (Lipinski definition) is 1. The van der Waals surface area contributed by atoms with Gasteiger partial charge in [-0.15, -0.1) is 0 Å². The molecule has 5 heteroatoms. The number of carbonyl (C=O) groups excluding carboxylic acids is 1. The third-order valence-corrected chi connectivity index (χ3v) is 2.86. The van der Waals surface area contributed by atoms with Crippen molar-refractivity contribution in [1.82, 2.24) is 15.1 Å². The first kappa shape index (κ1) is 14.4. The van der Waals surface area contributed by atoms with E-state index in [9.17, 15) is 4.79 Å². The van der Waals surface area contributed by atoms with E-state index in [1.165, 1.54) is 0 Å². The first-order chi connectivity index (χ1) is 8.09. The van der Waals surface area contributed by atoms with E-state index in [0.29, 0.717) is 13.2 Å². The van der Waals surface area contributed by atoms with Gasteiger partial charge in [-0.25, -0.2) is 0 Å². The summed E-state index contributed by atoms with van der Waals surface area (Å²) in [6, 6.07) is 0. The summed E-state index contributed by atoms with van der Waals surface area (Å²) in [6.45, 7) is 9.48. The molecule has 1 fully saturated rings. The lowest BCUT2D eigenvalue weighted by molar-refractivity contribution is -0.131. The standard InChI is InChI=1S/C12H25N3O2/c1-11(2)17-9-4-13-10-12(16)15-7-5-14(3)6-8-15/h11,13H,4-10H2,1-3H3. The van der Waals surface area contributed by atoms with E-state index in [4.69, 9.17) is 4.74 Å². The van der Waals surface area contributed by atoms with Gasteiger partial charge in [-0.1, -0.05) is 0 Å². The fourth-order valence-electron chi connectivity index (χ4n) is 1.73. The van der Waals surface area contributed by atoms with Gasteiger partial charge in [0.25, 0.3) is 0 Å². The average molecular weight is 243 g/mol. The first-order valence-corrected chi connectivity index (χ1v) is 6.38. The van der Waals surface area contributed by atoms with Gasteiger partial charge in [-0.2, -0.15) is 0 Å². The minimum Gasteiger partial charge on any atom is -0.377 e. The highest BCUT2D eigenvalue weighted by Gasteiger charge is 2.18. The van der Waals surface area contributed by atoms with E-state index in [1.807, 2.05) is 18.7 Å². The van der Waals surface area contributed by atoms with E-state index in [2.05, 4.69) is 17.3 Å². The van der Waals surface area contributed by atoms with Crippen LogP contribution in [0.1, 0.15) is 13.8 Å². The number of hydrogen-bond acceptors (Lipinski definition) is 4. The van der Waals surface area contributed by atoms with Crippen LogP contribution in [0.15, 0.2) is 0 Å². The maximum absolute atomic E-state index is 11.8. The van der Waals surface area contributed by atoms with Gasteiger partial charge in [0.2, 0.25) is 5.91 Å². The lowest BCUT2D eigenvalue weighted by atomic mass is 10.3. The van der Waals surface area contributed by atoms with Crippen molar-refractivity contribution in [2.75, 3.05) is 52.9 Å². The highest BCUT2D eigenvalue weighted by molar-refractivity contribution is 5.78. The molecule has 1 aliphatic heterocycles. The van der Waals surface area contributed by atoms with Crippen molar-refractivity contribution in [3.05, 3.63) is 0 Å². The highest BCUT2D eigenvalue weighted by atomic mass is 16.5. The van der Waals surface area contributed by atoms with E-state index in [0.717, 1.165) is 32.7 Å². The Labute approximate surface area is 104 Å². The summed E-state index contributed by atoms with van der Waals surface area (Å²) in [4.78, 5) is 16.0. The number of likely N-dealkylation sites (N-methyl/N-ethyl adjacent to an activating group) is 1. The van der Waals surface area contributed by atoms with E-state index in [-0.39, 0.29) is 12.0 Å². The van der Waals surface area contributed by atoms with Crippen LogP contribution in [0.25, 0.3) is 0 Å². The van der Waals surface area contributed by atoms with Crippen molar-refractivity contribution in [3.63, 3.8) is 0 Å². The molecule has 0 aromatic carbocycles. The Morgan fingerprint density at radius 2 is 1.94 bits per heavy atom. The van der Waals surface area contributed by atoms with Crippen molar-refractivity contribution < 1.29 is 9.53 Å². The van der Waals surface area contributed by atoms with Crippen molar-refractivity contribution in [3.8, 4) is 0 Å². The van der Waals surface area contributed by atoms with Crippen molar-refractivity contribution >= 4 is 5.91 Å². The molecular formula is C12H25N3O2. The molecule has 0 spiro atoms. The zero-order chi connectivity index (χ0) is 12.7. The van der Waals surface area contributed by atoms with E-state index in [1.54, 1.807) is 0 Å². The van der Waals surface area contributed by atoms with Gasteiger partial charge in [0, 0.05) is 32.7 Å². The zero-order valence-corrected chi connectivity index (χ0v) is 11.2. The van der Waals surface area contributed by atoms with Crippen LogP contribution in [0.3, 0.4) is 0 Å². The second-order valence-corrected chi connectivity index (χ2v) is 4.78. The minimum absolute atomic E-state index is 0.197. The maximum atomic E-state index is 11.8. The molecule has 0 saturated carbocycles. The van der Waals surface area contributed by atoms with Gasteiger partial charge >= 0.3 is 0 Å². The van der Waals surface area contributed by atoms with Crippen LogP contribution in [0.2, 0.25) is 0 Å². The van der Waals surface area contributed by atoms with Gasteiger partial charge in [-0.05, 0) is 20.9 Å². The van der Waals surface area contributed by atoms with E-state index >= 15 is 0 Å². The fraction of sp³-hybridized carbons (Fsp3) is 0.917. The normalized spacial score (nSPS) is 17.8. The van der Waals surface area contributed by atoms with Crippen LogP contribution < -0.4 is 5.32 Å². The number of nitrogens with one attached hydrogen (secondary N) is 1. The predicted octanol–water partition coefficient (Wildman–Crippen LogP) is -0.225. The number of ether oxygens (including phenoxy) is 1. The monoisotopic (exact) mass is 243 g/mol. The summed E-state index contributed by atoms with van der Waals surface area (Å²) >= 11 is 0. The Morgan fingerprint density at radius 3 is 2.53 bits per heavy atom. The molecule has 0 atom stereocenters. The van der Waals surface area contributed by atoms with Crippen molar-refractivity contribution in [2.24, 2.45) is 0 Å². The minimum atomic E-state index is 0.197. The molecule has 0 aromatic rings. The topological polar surface area (TPSA) is 44.8 Å². The summed E-state index contributed by atoms with van der Waals surface area (Å²) in [6.07, 6.45) is 0.255. The lowest BCUT2D eigenvalue weighted by Gasteiger charge is -2.32. The van der Waals surface area contributed by atoms with Crippen molar-refractivity contribution in [2.45, 2.75) is 20.0 Å². The number of amides is 1. The summed E-state index contributed by atoms with van der Waals surface area (Å²) < 4.78 is 5.39. The molecule has 1 aliphatic rings. The number of nitrogens with zero attached hydrogens (tertiary/aromatic N) is 2. The van der Waals surface area contributed by atoms with Crippen LogP contribution in [-0.2, 0) is 9.53 Å². The summed E-state index contributed by atoms with van der Waals surface area (Å²) in [5.74, 6) is 0.197. The molecule has 17 heavy (non-hydrogen) atoms. The fourth-order valence-corrected chi connectivity index (χ4v) is 1.73. The van der Waals surface area contributed by atoms with Crippen LogP contribution in [0, 0.1) is 0 Å². The van der Waals surface area contributed by atoms with Gasteiger partial charge in [0.15, 0.2) is 0 Å². The lowest BCUT2D eigenvalue weighted by Crippen LogP contribution is -2.49. The molecule has 1 rings (SSSR count). The maximum Gasteiger partial charge on any atom is 0.236 e. The Morgan fingerprint density at radius 1 is 1.29 bits per heavy atom. The van der Waals surface area contributed by atoms with Gasteiger partial charge in [0.1, 0.15) is 0 Å². The number of piperazine rings is 1. The molecule has 1 amide bonds. The van der Waals surface area contributed by atoms with Crippen LogP contribution in [-0.4, -0.2) is 74.7 Å². The molecule has 1 N–H and O–H groups in total. The second-order valence-electron chi connectivity index (χ2n) is 4.78. The predicted molar refractivity (Wildman–Crippen MR) is 68.0 cm³/mol. The SMILES string of the molecule is CC(C)OCCNCC(=O)N1CCN(C)CC1. The third kappa shape index (κ3) is 6.00. The molecule has 1 heterocycles. The smallest absolute Gasteiger partial charge is 0.236 e. The molecule has 5 nitrogen and oxygen atoms in total. The van der Waals surface area contributed by atoms with Gasteiger partial charge < -0.3 is 19.9 Å².